The molecule has 4 rings (SSSR count). The summed E-state index contributed by atoms with van der Waals surface area (Å²) in [7, 11) is 0. The molecule has 0 aliphatic carbocycles. The van der Waals surface area contributed by atoms with Crippen molar-refractivity contribution in [3.05, 3.63) is 48.3 Å². The summed E-state index contributed by atoms with van der Waals surface area (Å²) in [6.45, 7) is 1.53. The van der Waals surface area contributed by atoms with Gasteiger partial charge in [-0.25, -0.2) is 19.9 Å². The topological polar surface area (TPSA) is 109 Å². The molecule has 30 heavy (non-hydrogen) atoms. The molecule has 0 saturated carbocycles. The molecule has 0 bridgehead atoms. The summed E-state index contributed by atoms with van der Waals surface area (Å²) in [4.78, 5) is 18.4. The molecule has 0 aromatic carbocycles. The Bertz CT molecular complexity index is 1100. The van der Waals surface area contributed by atoms with Gasteiger partial charge in [-0.2, -0.15) is 13.2 Å². The van der Waals surface area contributed by atoms with Gasteiger partial charge in [-0.1, -0.05) is 0 Å². The summed E-state index contributed by atoms with van der Waals surface area (Å²) in [5.74, 6) is 1.32. The number of hydrogen-bond acceptors (Lipinski definition) is 7. The molecule has 3 aromatic heterocycles. The van der Waals surface area contributed by atoms with Gasteiger partial charge in [0.1, 0.15) is 11.5 Å². The van der Waals surface area contributed by atoms with Crippen LogP contribution >= 0.6 is 0 Å². The Balaban J connectivity index is 1.61. The van der Waals surface area contributed by atoms with Gasteiger partial charge in [-0.3, -0.25) is 4.40 Å². The number of halogens is 3. The summed E-state index contributed by atoms with van der Waals surface area (Å²) in [6, 6.07) is 1.77. The highest BCUT2D eigenvalue weighted by Gasteiger charge is 2.33. The average molecular weight is 416 g/mol. The second-order valence-electron chi connectivity index (χ2n) is 7.07. The predicted molar refractivity (Wildman–Crippen MR) is 105 cm³/mol. The second kappa shape index (κ2) is 7.73. The number of rotatable bonds is 5. The van der Waals surface area contributed by atoms with Gasteiger partial charge in [0.15, 0.2) is 17.2 Å². The van der Waals surface area contributed by atoms with E-state index in [9.17, 15) is 13.2 Å². The van der Waals surface area contributed by atoms with Gasteiger partial charge < -0.3 is 16.0 Å². The lowest BCUT2D eigenvalue weighted by atomic mass is 10.00. The first-order valence-corrected chi connectivity index (χ1v) is 9.29. The van der Waals surface area contributed by atoms with Crippen LogP contribution in [0.4, 0.5) is 19.0 Å². The van der Waals surface area contributed by atoms with Crippen LogP contribution in [0.15, 0.2) is 42.6 Å². The molecule has 3 N–H and O–H groups in total. The van der Waals surface area contributed by atoms with Crippen LogP contribution in [-0.2, 0) is 6.18 Å². The van der Waals surface area contributed by atoms with Gasteiger partial charge in [0.2, 0.25) is 0 Å². The van der Waals surface area contributed by atoms with Crippen LogP contribution < -0.4 is 10.6 Å². The monoisotopic (exact) mass is 416 g/mol. The van der Waals surface area contributed by atoms with E-state index in [0.29, 0.717) is 17.4 Å². The number of aromatic nitrogens is 5. The number of imidazole rings is 1. The number of alkyl halides is 3. The lowest BCUT2D eigenvalue weighted by molar-refractivity contribution is -0.141. The van der Waals surface area contributed by atoms with Crippen molar-refractivity contribution >= 4 is 17.7 Å². The largest absolute Gasteiger partial charge is 0.434 e. The van der Waals surface area contributed by atoms with E-state index in [4.69, 9.17) is 11.1 Å². The number of allylic oxidation sites excluding steroid dienone is 1. The van der Waals surface area contributed by atoms with Gasteiger partial charge in [-0.15, -0.1) is 0 Å². The quantitative estimate of drug-likeness (QED) is 0.619. The van der Waals surface area contributed by atoms with Crippen LogP contribution in [-0.4, -0.2) is 43.6 Å². The van der Waals surface area contributed by atoms with Crippen LogP contribution in [0.2, 0.25) is 0 Å². The molecule has 4 heterocycles. The maximum atomic E-state index is 13.0. The molecule has 3 aromatic rings. The summed E-state index contributed by atoms with van der Waals surface area (Å²) < 4.78 is 40.4. The molecule has 0 amide bonds. The van der Waals surface area contributed by atoms with Crippen molar-refractivity contribution in [3.8, 4) is 11.5 Å². The van der Waals surface area contributed by atoms with E-state index >= 15 is 0 Å². The highest BCUT2D eigenvalue weighted by atomic mass is 19.4. The van der Waals surface area contributed by atoms with Crippen molar-refractivity contribution in [1.82, 2.24) is 24.3 Å². The zero-order valence-electron chi connectivity index (χ0n) is 15.8. The van der Waals surface area contributed by atoms with Gasteiger partial charge in [0.05, 0.1) is 12.4 Å². The van der Waals surface area contributed by atoms with Crippen molar-refractivity contribution in [2.75, 3.05) is 18.0 Å². The lowest BCUT2D eigenvalue weighted by Gasteiger charge is -2.18. The molecule has 0 radical (unpaired) electrons. The Labute approximate surface area is 169 Å². The van der Waals surface area contributed by atoms with Gasteiger partial charge in [0, 0.05) is 31.7 Å². The normalized spacial score (nSPS) is 17.6. The molecule has 1 aliphatic rings. The fraction of sp³-hybridized carbons (Fsp3) is 0.316. The van der Waals surface area contributed by atoms with Crippen molar-refractivity contribution in [2.45, 2.75) is 19.0 Å². The zero-order chi connectivity index (χ0) is 21.3. The number of nitrogens with zero attached hydrogens (tertiary/aromatic N) is 6. The Morgan fingerprint density at radius 3 is 2.83 bits per heavy atom. The molecular weight excluding hydrogens is 397 g/mol. The Kier molecular flexibility index (Phi) is 5.10. The number of anilines is 1. The highest BCUT2D eigenvalue weighted by Crippen LogP contribution is 2.30. The summed E-state index contributed by atoms with van der Waals surface area (Å²) in [5, 5.41) is 7.38. The fourth-order valence-corrected chi connectivity index (χ4v) is 3.57. The minimum atomic E-state index is -4.56. The highest BCUT2D eigenvalue weighted by molar-refractivity contribution is 5.75. The molecular formula is C19H19F3N8. The second-order valence-corrected chi connectivity index (χ2v) is 7.07. The molecule has 156 valence electrons. The standard InChI is InChI=1S/C19H19F3N8/c20-19(21,22)15-11-30-14(8-27-17(30)9-26-15)18-25-3-1-16(28-18)29-4-2-12(10-29)5-13(6-23)7-24/h1,3,6-9,11-12,23H,2,4-5,10,24H2/b13-7-,23-6?. The molecule has 1 unspecified atom stereocenters. The van der Waals surface area contributed by atoms with E-state index in [0.717, 1.165) is 43.9 Å². The van der Waals surface area contributed by atoms with Crippen molar-refractivity contribution < 1.29 is 13.2 Å². The van der Waals surface area contributed by atoms with Crippen molar-refractivity contribution in [2.24, 2.45) is 11.7 Å². The van der Waals surface area contributed by atoms with Crippen LogP contribution in [0.5, 0.6) is 0 Å². The van der Waals surface area contributed by atoms with E-state index in [2.05, 4.69) is 24.8 Å². The molecule has 1 fully saturated rings. The summed E-state index contributed by atoms with van der Waals surface area (Å²) in [5.41, 5.74) is 5.94. The third-order valence-electron chi connectivity index (χ3n) is 5.09. The predicted octanol–water partition coefficient (Wildman–Crippen LogP) is 2.91. The van der Waals surface area contributed by atoms with Crippen LogP contribution in [0, 0.1) is 11.3 Å². The third-order valence-corrected chi connectivity index (χ3v) is 5.09. The maximum Gasteiger partial charge on any atom is 0.434 e. The molecule has 1 saturated heterocycles. The van der Waals surface area contributed by atoms with Crippen LogP contribution in [0.3, 0.4) is 0 Å². The van der Waals surface area contributed by atoms with Crippen molar-refractivity contribution in [3.63, 3.8) is 0 Å². The minimum absolute atomic E-state index is 0.279. The molecule has 1 atom stereocenters. The van der Waals surface area contributed by atoms with Gasteiger partial charge in [-0.05, 0) is 36.6 Å². The first kappa shape index (κ1) is 19.8. The number of hydrogen-bond donors (Lipinski definition) is 2. The SMILES string of the molecule is N=C/C(=C\N)CC1CCN(c2ccnc(-c3cnc4cnc(C(F)(F)F)cn34)n2)C1. The minimum Gasteiger partial charge on any atom is -0.404 e. The number of nitrogens with one attached hydrogen (secondary N) is 1. The van der Waals surface area contributed by atoms with Crippen molar-refractivity contribution in [1.29, 1.82) is 5.41 Å². The van der Waals surface area contributed by atoms with E-state index in [1.165, 1.54) is 23.0 Å². The van der Waals surface area contributed by atoms with E-state index < -0.39 is 11.9 Å². The Morgan fingerprint density at radius 1 is 1.27 bits per heavy atom. The Hall–Kier alpha value is -3.50. The van der Waals surface area contributed by atoms with E-state index in [-0.39, 0.29) is 11.5 Å². The summed E-state index contributed by atoms with van der Waals surface area (Å²) >= 11 is 0. The fourth-order valence-electron chi connectivity index (χ4n) is 3.57. The van der Waals surface area contributed by atoms with Crippen LogP contribution in [0.25, 0.3) is 17.2 Å². The number of nitrogens with two attached hydrogens (primary N) is 1. The van der Waals surface area contributed by atoms with Gasteiger partial charge in [0.25, 0.3) is 0 Å². The zero-order valence-corrected chi connectivity index (χ0v) is 15.8. The lowest BCUT2D eigenvalue weighted by Crippen LogP contribution is -2.21. The first-order chi connectivity index (χ1) is 14.4. The maximum absolute atomic E-state index is 13.0. The van der Waals surface area contributed by atoms with E-state index in [1.54, 1.807) is 12.3 Å². The Morgan fingerprint density at radius 2 is 2.10 bits per heavy atom. The average Bonchev–Trinajstić information content (AvgIpc) is 3.38. The molecule has 11 heteroatoms. The van der Waals surface area contributed by atoms with Crippen LogP contribution in [0.1, 0.15) is 18.5 Å². The molecule has 1 aliphatic heterocycles. The summed E-state index contributed by atoms with van der Waals surface area (Å²) in [6.07, 6.45) is 4.80. The number of fused-ring (bicyclic) bond motifs is 1. The van der Waals surface area contributed by atoms with E-state index in [1.807, 2.05) is 0 Å². The third kappa shape index (κ3) is 3.82. The van der Waals surface area contributed by atoms with Gasteiger partial charge >= 0.3 is 6.18 Å². The molecule has 0 spiro atoms. The smallest absolute Gasteiger partial charge is 0.404 e. The molecule has 8 nitrogen and oxygen atoms in total. The first-order valence-electron chi connectivity index (χ1n) is 9.29.